The Morgan fingerprint density at radius 3 is 2.46 bits per heavy atom. The average molecular weight is 315 g/mol. The molecule has 0 unspecified atom stereocenters. The van der Waals surface area contributed by atoms with Crippen molar-refractivity contribution in [1.29, 1.82) is 5.26 Å². The van der Waals surface area contributed by atoms with Gasteiger partial charge in [0, 0.05) is 17.4 Å². The third kappa shape index (κ3) is 3.36. The van der Waals surface area contributed by atoms with E-state index in [4.69, 9.17) is 5.26 Å². The fraction of sp³-hybridized carbons (Fsp3) is 0. The van der Waals surface area contributed by atoms with Gasteiger partial charge in [0.1, 0.15) is 5.71 Å². The summed E-state index contributed by atoms with van der Waals surface area (Å²) in [6, 6.07) is 20.0. The highest BCUT2D eigenvalue weighted by Gasteiger charge is 2.10. The molecule has 3 rings (SSSR count). The Morgan fingerprint density at radius 1 is 1.04 bits per heavy atom. The van der Waals surface area contributed by atoms with Crippen molar-refractivity contribution in [3.05, 3.63) is 83.7 Å². The molecule has 0 atom stereocenters. The maximum absolute atomic E-state index is 9.35. The van der Waals surface area contributed by atoms with Gasteiger partial charge < -0.3 is 10.5 Å². The second kappa shape index (κ2) is 7.03. The van der Waals surface area contributed by atoms with Crippen LogP contribution in [0.5, 0.6) is 0 Å². The van der Waals surface area contributed by atoms with Gasteiger partial charge in [-0.25, -0.2) is 9.97 Å². The Labute approximate surface area is 138 Å². The van der Waals surface area contributed by atoms with Crippen molar-refractivity contribution in [3.8, 4) is 6.07 Å². The van der Waals surface area contributed by atoms with E-state index >= 15 is 0 Å². The molecule has 6 nitrogen and oxygen atoms in total. The first kappa shape index (κ1) is 15.2. The summed E-state index contributed by atoms with van der Waals surface area (Å²) < 4.78 is 0. The van der Waals surface area contributed by atoms with Crippen LogP contribution in [0.4, 0.5) is 11.6 Å². The van der Waals surface area contributed by atoms with Crippen LogP contribution in [0.1, 0.15) is 16.8 Å². The van der Waals surface area contributed by atoms with E-state index in [-0.39, 0.29) is 0 Å². The molecule has 1 heterocycles. The van der Waals surface area contributed by atoms with Crippen molar-refractivity contribution in [2.75, 3.05) is 5.32 Å². The Hall–Kier alpha value is -3.72. The Balaban J connectivity index is 1.87. The minimum atomic E-state index is 0.362. The molecular formula is C18H13N5O. The normalized spacial score (nSPS) is 10.9. The molecule has 3 aromatic rings. The standard InChI is InChI=1S/C18H13N5O/c19-12-13-6-8-15(9-7-13)21-18-20-11-10-16(22-18)17(23-24)14-4-2-1-3-5-14/h1-11,24H,(H,20,21,22)/b23-17+. The molecular weight excluding hydrogens is 302 g/mol. The number of anilines is 2. The predicted molar refractivity (Wildman–Crippen MR) is 90.3 cm³/mol. The molecule has 1 aromatic heterocycles. The average Bonchev–Trinajstić information content (AvgIpc) is 2.64. The molecule has 0 bridgehead atoms. The van der Waals surface area contributed by atoms with Crippen LogP contribution in [-0.2, 0) is 0 Å². The molecule has 0 aliphatic heterocycles. The lowest BCUT2D eigenvalue weighted by Crippen LogP contribution is -2.08. The van der Waals surface area contributed by atoms with Gasteiger partial charge in [-0.15, -0.1) is 0 Å². The second-order valence-corrected chi connectivity index (χ2v) is 4.89. The first-order valence-corrected chi connectivity index (χ1v) is 7.18. The van der Waals surface area contributed by atoms with Gasteiger partial charge in [-0.2, -0.15) is 5.26 Å². The van der Waals surface area contributed by atoms with E-state index in [1.807, 2.05) is 30.3 Å². The highest BCUT2D eigenvalue weighted by atomic mass is 16.4. The highest BCUT2D eigenvalue weighted by Crippen LogP contribution is 2.15. The fourth-order valence-electron chi connectivity index (χ4n) is 2.16. The molecule has 116 valence electrons. The molecule has 0 saturated heterocycles. The number of nitriles is 1. The van der Waals surface area contributed by atoms with Crippen LogP contribution >= 0.6 is 0 Å². The molecule has 0 fully saturated rings. The van der Waals surface area contributed by atoms with Gasteiger partial charge in [-0.3, -0.25) is 0 Å². The summed E-state index contributed by atoms with van der Waals surface area (Å²) in [6.07, 6.45) is 1.59. The van der Waals surface area contributed by atoms with Crippen molar-refractivity contribution < 1.29 is 5.21 Å². The lowest BCUT2D eigenvalue weighted by atomic mass is 10.1. The largest absolute Gasteiger partial charge is 0.410 e. The van der Waals surface area contributed by atoms with Gasteiger partial charge in [0.05, 0.1) is 17.3 Å². The summed E-state index contributed by atoms with van der Waals surface area (Å²) in [4.78, 5) is 8.54. The smallest absolute Gasteiger partial charge is 0.227 e. The summed E-state index contributed by atoms with van der Waals surface area (Å²) in [5.41, 5.74) is 2.95. The van der Waals surface area contributed by atoms with Gasteiger partial charge in [-0.05, 0) is 30.3 Å². The van der Waals surface area contributed by atoms with Crippen LogP contribution in [0.25, 0.3) is 0 Å². The van der Waals surface area contributed by atoms with E-state index in [0.29, 0.717) is 22.9 Å². The number of rotatable bonds is 4. The first-order chi connectivity index (χ1) is 11.8. The van der Waals surface area contributed by atoms with Crippen molar-refractivity contribution in [1.82, 2.24) is 9.97 Å². The van der Waals surface area contributed by atoms with Crippen molar-refractivity contribution in [2.45, 2.75) is 0 Å². The SMILES string of the molecule is N#Cc1ccc(Nc2nccc(/C(=N/O)c3ccccc3)n2)cc1. The van der Waals surface area contributed by atoms with Crippen LogP contribution in [-0.4, -0.2) is 20.9 Å². The van der Waals surface area contributed by atoms with Gasteiger partial charge in [0.15, 0.2) is 0 Å². The molecule has 6 heteroatoms. The Kier molecular flexibility index (Phi) is 4.45. The maximum Gasteiger partial charge on any atom is 0.227 e. The number of nitrogens with zero attached hydrogens (tertiary/aromatic N) is 4. The quantitative estimate of drug-likeness (QED) is 0.437. The number of aromatic nitrogens is 2. The van der Waals surface area contributed by atoms with E-state index in [9.17, 15) is 5.21 Å². The highest BCUT2D eigenvalue weighted by molar-refractivity contribution is 6.11. The second-order valence-electron chi connectivity index (χ2n) is 4.89. The molecule has 0 aliphatic carbocycles. The lowest BCUT2D eigenvalue weighted by molar-refractivity contribution is 0.319. The van der Waals surface area contributed by atoms with Gasteiger partial charge in [0.2, 0.25) is 5.95 Å². The number of oxime groups is 1. The summed E-state index contributed by atoms with van der Waals surface area (Å²) in [5, 5.41) is 24.6. The summed E-state index contributed by atoms with van der Waals surface area (Å²) in [6.45, 7) is 0. The molecule has 2 aromatic carbocycles. The Morgan fingerprint density at radius 2 is 1.79 bits per heavy atom. The third-order valence-electron chi connectivity index (χ3n) is 3.32. The van der Waals surface area contributed by atoms with Gasteiger partial charge in [0.25, 0.3) is 0 Å². The maximum atomic E-state index is 9.35. The molecule has 0 radical (unpaired) electrons. The van der Waals surface area contributed by atoms with Crippen molar-refractivity contribution in [2.24, 2.45) is 5.16 Å². The molecule has 2 N–H and O–H groups in total. The van der Waals surface area contributed by atoms with Gasteiger partial charge >= 0.3 is 0 Å². The van der Waals surface area contributed by atoms with E-state index in [1.165, 1.54) is 0 Å². The zero-order chi connectivity index (χ0) is 16.8. The van der Waals surface area contributed by atoms with E-state index in [2.05, 4.69) is 26.5 Å². The lowest BCUT2D eigenvalue weighted by Gasteiger charge is -2.08. The summed E-state index contributed by atoms with van der Waals surface area (Å²) >= 11 is 0. The van der Waals surface area contributed by atoms with E-state index in [0.717, 1.165) is 11.3 Å². The van der Waals surface area contributed by atoms with Crippen LogP contribution in [0.3, 0.4) is 0 Å². The van der Waals surface area contributed by atoms with Crippen LogP contribution in [0, 0.1) is 11.3 Å². The number of nitrogens with one attached hydrogen (secondary N) is 1. The fourth-order valence-corrected chi connectivity index (χ4v) is 2.16. The van der Waals surface area contributed by atoms with Gasteiger partial charge in [-0.1, -0.05) is 35.5 Å². The van der Waals surface area contributed by atoms with E-state index < -0.39 is 0 Å². The van der Waals surface area contributed by atoms with E-state index in [1.54, 1.807) is 36.5 Å². The Bertz CT molecular complexity index is 899. The van der Waals surface area contributed by atoms with Crippen LogP contribution in [0.15, 0.2) is 72.0 Å². The number of hydrogen-bond donors (Lipinski definition) is 2. The molecule has 24 heavy (non-hydrogen) atoms. The van der Waals surface area contributed by atoms with Crippen molar-refractivity contribution in [3.63, 3.8) is 0 Å². The summed E-state index contributed by atoms with van der Waals surface area (Å²) in [7, 11) is 0. The minimum Gasteiger partial charge on any atom is -0.410 e. The monoisotopic (exact) mass is 315 g/mol. The minimum absolute atomic E-state index is 0.362. The third-order valence-corrected chi connectivity index (χ3v) is 3.32. The number of hydrogen-bond acceptors (Lipinski definition) is 6. The zero-order valence-corrected chi connectivity index (χ0v) is 12.6. The molecule has 0 saturated carbocycles. The first-order valence-electron chi connectivity index (χ1n) is 7.18. The van der Waals surface area contributed by atoms with Crippen molar-refractivity contribution >= 4 is 17.3 Å². The molecule has 0 spiro atoms. The number of benzene rings is 2. The van der Waals surface area contributed by atoms with Crippen LogP contribution < -0.4 is 5.32 Å². The van der Waals surface area contributed by atoms with Crippen LogP contribution in [0.2, 0.25) is 0 Å². The summed E-state index contributed by atoms with van der Waals surface area (Å²) in [5.74, 6) is 0.370. The zero-order valence-electron chi connectivity index (χ0n) is 12.6. The molecule has 0 amide bonds. The molecule has 0 aliphatic rings. The topological polar surface area (TPSA) is 94.2 Å². The predicted octanol–water partition coefficient (Wildman–Crippen LogP) is 3.32.